The number of fused-ring (bicyclic) bond motifs is 1. The van der Waals surface area contributed by atoms with Gasteiger partial charge < -0.3 is 4.98 Å². The lowest BCUT2D eigenvalue weighted by Crippen LogP contribution is -1.88. The van der Waals surface area contributed by atoms with Crippen LogP contribution in [-0.4, -0.2) is 21.5 Å². The Hall–Kier alpha value is -1.78. The summed E-state index contributed by atoms with van der Waals surface area (Å²) in [6, 6.07) is 0. The molecule has 0 aliphatic rings. The van der Waals surface area contributed by atoms with Crippen LogP contribution in [0.4, 0.5) is 0 Å². The van der Waals surface area contributed by atoms with E-state index in [0.717, 1.165) is 10.9 Å². The maximum absolute atomic E-state index is 8.16. The van der Waals surface area contributed by atoms with Gasteiger partial charge in [-0.05, 0) is 17.5 Å². The molecule has 0 saturated heterocycles. The number of rotatable bonds is 3. The molecule has 0 spiro atoms. The normalized spacial score (nSPS) is 10.2. The van der Waals surface area contributed by atoms with E-state index in [0.29, 0.717) is 23.8 Å². The van der Waals surface area contributed by atoms with Crippen LogP contribution >= 0.6 is 11.6 Å². The van der Waals surface area contributed by atoms with Gasteiger partial charge in [0.2, 0.25) is 0 Å². The summed E-state index contributed by atoms with van der Waals surface area (Å²) in [7, 11) is 0. The first kappa shape index (κ1) is 9.76. The van der Waals surface area contributed by atoms with E-state index >= 15 is 0 Å². The Morgan fingerprint density at radius 1 is 1.53 bits per heavy atom. The predicted molar refractivity (Wildman–Crippen MR) is 56.6 cm³/mol. The number of H-pyrrole nitrogens is 1. The summed E-state index contributed by atoms with van der Waals surface area (Å²) in [6.45, 7) is 0.397. The van der Waals surface area contributed by atoms with Crippen molar-refractivity contribution in [3.8, 4) is 0 Å². The maximum Gasteiger partial charge on any atom is 0.142 e. The highest BCUT2D eigenvalue weighted by Gasteiger charge is 2.08. The van der Waals surface area contributed by atoms with Gasteiger partial charge in [-0.2, -0.15) is 0 Å². The molecule has 0 bridgehead atoms. The second-order valence-corrected chi connectivity index (χ2v) is 3.26. The van der Waals surface area contributed by atoms with Crippen LogP contribution in [0, 0.1) is 0 Å². The summed E-state index contributed by atoms with van der Waals surface area (Å²) in [5.41, 5.74) is 9.82. The van der Waals surface area contributed by atoms with Gasteiger partial charge in [0.25, 0.3) is 0 Å². The molecule has 0 aliphatic carbocycles. The first-order valence-corrected chi connectivity index (χ1v) is 4.68. The van der Waals surface area contributed by atoms with Crippen molar-refractivity contribution in [2.24, 2.45) is 5.11 Å². The Kier molecular flexibility index (Phi) is 2.71. The van der Waals surface area contributed by atoms with Crippen molar-refractivity contribution in [2.45, 2.75) is 6.42 Å². The largest absolute Gasteiger partial charge is 0.346 e. The third-order valence-electron chi connectivity index (χ3n) is 2.05. The SMILES string of the molecule is [N-]=[N+]=NCCc1c[nH]c2ncnc(Cl)c12. The highest BCUT2D eigenvalue weighted by molar-refractivity contribution is 6.34. The Balaban J connectivity index is 2.39. The Morgan fingerprint density at radius 3 is 3.20 bits per heavy atom. The lowest BCUT2D eigenvalue weighted by Gasteiger charge is -1.96. The first-order chi connectivity index (χ1) is 7.33. The molecule has 76 valence electrons. The monoisotopic (exact) mass is 222 g/mol. The predicted octanol–water partition coefficient (Wildman–Crippen LogP) is 2.46. The molecular weight excluding hydrogens is 216 g/mol. The second-order valence-electron chi connectivity index (χ2n) is 2.91. The van der Waals surface area contributed by atoms with Crippen LogP contribution in [0.3, 0.4) is 0 Å². The van der Waals surface area contributed by atoms with Gasteiger partial charge in [0.1, 0.15) is 17.1 Å². The molecule has 0 amide bonds. The van der Waals surface area contributed by atoms with Crippen molar-refractivity contribution < 1.29 is 0 Å². The Morgan fingerprint density at radius 2 is 2.40 bits per heavy atom. The van der Waals surface area contributed by atoms with Crippen LogP contribution in [0.2, 0.25) is 5.15 Å². The fraction of sp³-hybridized carbons (Fsp3) is 0.250. The van der Waals surface area contributed by atoms with E-state index in [-0.39, 0.29) is 0 Å². The summed E-state index contributed by atoms with van der Waals surface area (Å²) >= 11 is 5.94. The molecule has 7 heteroatoms. The van der Waals surface area contributed by atoms with E-state index in [1.165, 1.54) is 6.33 Å². The lowest BCUT2D eigenvalue weighted by atomic mass is 10.2. The zero-order chi connectivity index (χ0) is 10.7. The van der Waals surface area contributed by atoms with Crippen LogP contribution in [0.25, 0.3) is 21.5 Å². The number of hydrogen-bond acceptors (Lipinski definition) is 3. The van der Waals surface area contributed by atoms with Gasteiger partial charge in [-0.15, -0.1) is 0 Å². The topological polar surface area (TPSA) is 90.3 Å². The van der Waals surface area contributed by atoms with Gasteiger partial charge in [0, 0.05) is 17.7 Å². The standard InChI is InChI=1S/C8H7ClN6/c9-7-6-5(1-2-14-15-10)3-11-8(6)13-4-12-7/h3-4H,1-2H2,(H,11,12,13). The van der Waals surface area contributed by atoms with Crippen LogP contribution in [0.5, 0.6) is 0 Å². The molecule has 0 saturated carbocycles. The van der Waals surface area contributed by atoms with E-state index in [4.69, 9.17) is 17.1 Å². The van der Waals surface area contributed by atoms with Crippen LogP contribution in [0.15, 0.2) is 17.6 Å². The minimum absolute atomic E-state index is 0.397. The summed E-state index contributed by atoms with van der Waals surface area (Å²) in [5, 5.41) is 4.68. The molecule has 2 heterocycles. The quantitative estimate of drug-likeness (QED) is 0.374. The first-order valence-electron chi connectivity index (χ1n) is 4.30. The molecule has 0 aliphatic heterocycles. The number of aromatic amines is 1. The third-order valence-corrected chi connectivity index (χ3v) is 2.34. The van der Waals surface area contributed by atoms with E-state index in [2.05, 4.69) is 25.0 Å². The van der Waals surface area contributed by atoms with Crippen LogP contribution in [0.1, 0.15) is 5.56 Å². The fourth-order valence-corrected chi connectivity index (χ4v) is 1.65. The zero-order valence-electron chi connectivity index (χ0n) is 7.68. The number of nitrogens with one attached hydrogen (secondary N) is 1. The minimum atomic E-state index is 0.397. The van der Waals surface area contributed by atoms with Crippen LogP contribution < -0.4 is 0 Å². The fourth-order valence-electron chi connectivity index (χ4n) is 1.40. The lowest BCUT2D eigenvalue weighted by molar-refractivity contribution is 0.963. The molecule has 0 fully saturated rings. The molecule has 15 heavy (non-hydrogen) atoms. The van der Waals surface area contributed by atoms with Crippen molar-refractivity contribution in [3.05, 3.63) is 33.7 Å². The molecule has 2 aromatic rings. The second kappa shape index (κ2) is 4.16. The molecule has 0 atom stereocenters. The number of azide groups is 1. The molecule has 1 N–H and O–H groups in total. The molecule has 0 unspecified atom stereocenters. The van der Waals surface area contributed by atoms with Crippen LogP contribution in [-0.2, 0) is 6.42 Å². The minimum Gasteiger partial charge on any atom is -0.346 e. The van der Waals surface area contributed by atoms with Crippen molar-refractivity contribution in [3.63, 3.8) is 0 Å². The summed E-state index contributed by atoms with van der Waals surface area (Å²) in [5.74, 6) is 0. The Bertz CT molecular complexity index is 527. The van der Waals surface area contributed by atoms with Crippen molar-refractivity contribution in [2.75, 3.05) is 6.54 Å². The molecular formula is C8H7ClN6. The van der Waals surface area contributed by atoms with E-state index in [1.807, 2.05) is 0 Å². The van der Waals surface area contributed by atoms with Crippen molar-refractivity contribution in [1.29, 1.82) is 0 Å². The highest BCUT2D eigenvalue weighted by Crippen LogP contribution is 2.23. The highest BCUT2D eigenvalue weighted by atomic mass is 35.5. The Labute approximate surface area is 89.9 Å². The van der Waals surface area contributed by atoms with Gasteiger partial charge >= 0.3 is 0 Å². The average molecular weight is 223 g/mol. The summed E-state index contributed by atoms with van der Waals surface area (Å²) in [4.78, 5) is 13.6. The molecule has 2 aromatic heterocycles. The van der Waals surface area contributed by atoms with E-state index in [9.17, 15) is 0 Å². The molecule has 2 rings (SSSR count). The van der Waals surface area contributed by atoms with Gasteiger partial charge in [-0.25, -0.2) is 9.97 Å². The summed E-state index contributed by atoms with van der Waals surface area (Å²) in [6.07, 6.45) is 3.83. The molecule has 0 radical (unpaired) electrons. The molecule has 6 nitrogen and oxygen atoms in total. The molecule has 0 aromatic carbocycles. The van der Waals surface area contributed by atoms with E-state index < -0.39 is 0 Å². The average Bonchev–Trinajstić information content (AvgIpc) is 2.63. The number of aromatic nitrogens is 3. The maximum atomic E-state index is 8.16. The number of halogens is 1. The number of hydrogen-bond donors (Lipinski definition) is 1. The van der Waals surface area contributed by atoms with Gasteiger partial charge in [0.05, 0.1) is 5.39 Å². The summed E-state index contributed by atoms with van der Waals surface area (Å²) < 4.78 is 0. The smallest absolute Gasteiger partial charge is 0.142 e. The number of nitrogens with zero attached hydrogens (tertiary/aromatic N) is 5. The van der Waals surface area contributed by atoms with Gasteiger partial charge in [-0.3, -0.25) is 0 Å². The van der Waals surface area contributed by atoms with Gasteiger partial charge in [-0.1, -0.05) is 16.7 Å². The van der Waals surface area contributed by atoms with Crippen molar-refractivity contribution >= 4 is 22.6 Å². The zero-order valence-corrected chi connectivity index (χ0v) is 8.44. The van der Waals surface area contributed by atoms with Gasteiger partial charge in [0.15, 0.2) is 0 Å². The van der Waals surface area contributed by atoms with E-state index in [1.54, 1.807) is 6.20 Å². The third kappa shape index (κ3) is 1.86. The van der Waals surface area contributed by atoms with Crippen molar-refractivity contribution in [1.82, 2.24) is 15.0 Å².